The summed E-state index contributed by atoms with van der Waals surface area (Å²) in [5.41, 5.74) is 3.03. The molecule has 0 saturated heterocycles. The van der Waals surface area contributed by atoms with Crippen molar-refractivity contribution in [2.75, 3.05) is 0 Å². The third-order valence-electron chi connectivity index (χ3n) is 4.71. The molecule has 1 aliphatic rings. The summed E-state index contributed by atoms with van der Waals surface area (Å²) in [6, 6.07) is 9.23. The standard InChI is InChI=1S/C21H24F3N3O2/c1-20(2,3)29-19(28)25-12-13-4-6-14(7-5-13)17-10-15-8-9-16(21(22,23)24)11-18(15)27-26-17/h4-7,10,16H,8-9,11-12H2,1-3H3,(H,25,28). The number of alkyl carbamates (subject to hydrolysis) is 1. The lowest BCUT2D eigenvalue weighted by Crippen LogP contribution is -2.32. The molecule has 0 spiro atoms. The van der Waals surface area contributed by atoms with Crippen LogP contribution in [0.4, 0.5) is 18.0 Å². The summed E-state index contributed by atoms with van der Waals surface area (Å²) in [5, 5.41) is 10.9. The Balaban J connectivity index is 1.64. The predicted octanol–water partition coefficient (Wildman–Crippen LogP) is 4.84. The van der Waals surface area contributed by atoms with Crippen molar-refractivity contribution in [3.05, 3.63) is 47.2 Å². The van der Waals surface area contributed by atoms with Gasteiger partial charge in [0.25, 0.3) is 0 Å². The van der Waals surface area contributed by atoms with Gasteiger partial charge >= 0.3 is 12.3 Å². The summed E-state index contributed by atoms with van der Waals surface area (Å²) in [6.45, 7) is 5.71. The molecule has 156 valence electrons. The monoisotopic (exact) mass is 407 g/mol. The first-order valence-corrected chi connectivity index (χ1v) is 9.49. The third-order valence-corrected chi connectivity index (χ3v) is 4.71. The van der Waals surface area contributed by atoms with Crippen molar-refractivity contribution < 1.29 is 22.7 Å². The Kier molecular flexibility index (Phi) is 5.82. The SMILES string of the molecule is CC(C)(C)OC(=O)NCc1ccc(-c2cc3c(nn2)CC(C(F)(F)F)CC3)cc1. The quantitative estimate of drug-likeness (QED) is 0.791. The maximum Gasteiger partial charge on any atom is 0.407 e. The molecule has 3 rings (SSSR count). The summed E-state index contributed by atoms with van der Waals surface area (Å²) in [4.78, 5) is 11.7. The maximum atomic E-state index is 12.9. The van der Waals surface area contributed by atoms with E-state index in [2.05, 4.69) is 15.5 Å². The Morgan fingerprint density at radius 3 is 2.48 bits per heavy atom. The van der Waals surface area contributed by atoms with E-state index in [-0.39, 0.29) is 12.8 Å². The zero-order chi connectivity index (χ0) is 21.2. The minimum absolute atomic E-state index is 0.0803. The normalized spacial score (nSPS) is 16.8. The molecule has 1 amide bonds. The number of nitrogens with zero attached hydrogens (tertiary/aromatic N) is 2. The number of hydrogen-bond acceptors (Lipinski definition) is 4. The second-order valence-electron chi connectivity index (χ2n) is 8.24. The van der Waals surface area contributed by atoms with Gasteiger partial charge in [0.05, 0.1) is 17.3 Å². The van der Waals surface area contributed by atoms with Gasteiger partial charge in [0.15, 0.2) is 0 Å². The van der Waals surface area contributed by atoms with E-state index in [1.54, 1.807) is 20.8 Å². The number of nitrogens with one attached hydrogen (secondary N) is 1. The molecule has 1 aromatic heterocycles. The minimum Gasteiger partial charge on any atom is -0.444 e. The Hall–Kier alpha value is -2.64. The van der Waals surface area contributed by atoms with E-state index in [4.69, 9.17) is 4.74 Å². The molecule has 1 heterocycles. The number of alkyl halides is 3. The van der Waals surface area contributed by atoms with Crippen molar-refractivity contribution in [3.8, 4) is 11.3 Å². The molecular formula is C21H24F3N3O2. The zero-order valence-corrected chi connectivity index (χ0v) is 16.6. The number of rotatable bonds is 3. The van der Waals surface area contributed by atoms with E-state index >= 15 is 0 Å². The highest BCUT2D eigenvalue weighted by molar-refractivity contribution is 5.67. The lowest BCUT2D eigenvalue weighted by molar-refractivity contribution is -0.177. The molecular weight excluding hydrogens is 383 g/mol. The topological polar surface area (TPSA) is 64.1 Å². The van der Waals surface area contributed by atoms with Crippen LogP contribution in [0.15, 0.2) is 30.3 Å². The fraction of sp³-hybridized carbons (Fsp3) is 0.476. The highest BCUT2D eigenvalue weighted by atomic mass is 19.4. The number of hydrogen-bond donors (Lipinski definition) is 1. The van der Waals surface area contributed by atoms with Gasteiger partial charge in [-0.1, -0.05) is 24.3 Å². The van der Waals surface area contributed by atoms with Crippen LogP contribution in [0.5, 0.6) is 0 Å². The van der Waals surface area contributed by atoms with Gasteiger partial charge in [0, 0.05) is 18.5 Å². The second kappa shape index (κ2) is 8.00. The van der Waals surface area contributed by atoms with Crippen molar-refractivity contribution >= 4 is 6.09 Å². The summed E-state index contributed by atoms with van der Waals surface area (Å²) >= 11 is 0. The molecule has 0 fully saturated rings. The van der Waals surface area contributed by atoms with Gasteiger partial charge in [-0.3, -0.25) is 0 Å². The Morgan fingerprint density at radius 2 is 1.86 bits per heavy atom. The number of aromatic nitrogens is 2. The van der Waals surface area contributed by atoms with Crippen LogP contribution >= 0.6 is 0 Å². The van der Waals surface area contributed by atoms with Crippen molar-refractivity contribution in [1.82, 2.24) is 15.5 Å². The number of halogens is 3. The molecule has 0 bridgehead atoms. The first kappa shape index (κ1) is 21.1. The van der Waals surface area contributed by atoms with Gasteiger partial charge in [0.1, 0.15) is 5.60 Å². The highest BCUT2D eigenvalue weighted by Crippen LogP contribution is 2.36. The van der Waals surface area contributed by atoms with Gasteiger partial charge in [-0.15, -0.1) is 0 Å². The Bertz CT molecular complexity index is 874. The number of amides is 1. The molecule has 1 N–H and O–H groups in total. The molecule has 0 radical (unpaired) electrons. The van der Waals surface area contributed by atoms with Crippen molar-refractivity contribution in [2.24, 2.45) is 5.92 Å². The zero-order valence-electron chi connectivity index (χ0n) is 16.6. The molecule has 1 unspecified atom stereocenters. The number of benzene rings is 1. The van der Waals surface area contributed by atoms with Gasteiger partial charge < -0.3 is 10.1 Å². The summed E-state index contributed by atoms with van der Waals surface area (Å²) < 4.78 is 44.0. The van der Waals surface area contributed by atoms with Gasteiger partial charge in [-0.05, 0) is 50.8 Å². The van der Waals surface area contributed by atoms with Crippen LogP contribution < -0.4 is 5.32 Å². The molecule has 5 nitrogen and oxygen atoms in total. The van der Waals surface area contributed by atoms with Crippen molar-refractivity contribution in [2.45, 2.75) is 58.4 Å². The van der Waals surface area contributed by atoms with Crippen LogP contribution in [0.3, 0.4) is 0 Å². The molecule has 2 aromatic rings. The number of aryl methyl sites for hydroxylation is 1. The lowest BCUT2D eigenvalue weighted by atomic mass is 9.86. The van der Waals surface area contributed by atoms with Crippen LogP contribution in [0.1, 0.15) is 44.0 Å². The number of ether oxygens (including phenoxy) is 1. The second-order valence-corrected chi connectivity index (χ2v) is 8.24. The predicted molar refractivity (Wildman–Crippen MR) is 102 cm³/mol. The van der Waals surface area contributed by atoms with E-state index in [1.807, 2.05) is 30.3 Å². The average Bonchev–Trinajstić information content (AvgIpc) is 2.64. The maximum absolute atomic E-state index is 12.9. The summed E-state index contributed by atoms with van der Waals surface area (Å²) in [7, 11) is 0. The number of carbonyl (C=O) groups excluding carboxylic acids is 1. The molecule has 29 heavy (non-hydrogen) atoms. The van der Waals surface area contributed by atoms with E-state index < -0.39 is 23.8 Å². The third kappa shape index (κ3) is 5.68. The Labute approximate surface area is 167 Å². The van der Waals surface area contributed by atoms with Crippen LogP contribution in [0, 0.1) is 5.92 Å². The molecule has 8 heteroatoms. The smallest absolute Gasteiger partial charge is 0.407 e. The van der Waals surface area contributed by atoms with Gasteiger partial charge in [0.2, 0.25) is 0 Å². The average molecular weight is 407 g/mol. The Morgan fingerprint density at radius 1 is 1.17 bits per heavy atom. The van der Waals surface area contributed by atoms with Crippen LogP contribution in [-0.4, -0.2) is 28.1 Å². The minimum atomic E-state index is -4.19. The van der Waals surface area contributed by atoms with E-state index in [1.165, 1.54) is 0 Å². The fourth-order valence-corrected chi connectivity index (χ4v) is 3.21. The van der Waals surface area contributed by atoms with Crippen molar-refractivity contribution in [3.63, 3.8) is 0 Å². The summed E-state index contributed by atoms with van der Waals surface area (Å²) in [5.74, 6) is -1.34. The first-order chi connectivity index (χ1) is 13.5. The molecule has 1 aliphatic carbocycles. The molecule has 1 aromatic carbocycles. The van der Waals surface area contributed by atoms with Gasteiger partial charge in [-0.2, -0.15) is 23.4 Å². The van der Waals surface area contributed by atoms with Crippen molar-refractivity contribution in [1.29, 1.82) is 0 Å². The lowest BCUT2D eigenvalue weighted by Gasteiger charge is -2.25. The van der Waals surface area contributed by atoms with E-state index in [9.17, 15) is 18.0 Å². The number of fused-ring (bicyclic) bond motifs is 1. The van der Waals surface area contributed by atoms with Crippen LogP contribution in [-0.2, 0) is 24.1 Å². The molecule has 0 saturated carbocycles. The van der Waals surface area contributed by atoms with Crippen LogP contribution in [0.2, 0.25) is 0 Å². The largest absolute Gasteiger partial charge is 0.444 e. The first-order valence-electron chi connectivity index (χ1n) is 9.49. The highest BCUT2D eigenvalue weighted by Gasteiger charge is 2.41. The van der Waals surface area contributed by atoms with Gasteiger partial charge in [-0.25, -0.2) is 4.79 Å². The molecule has 1 atom stereocenters. The fourth-order valence-electron chi connectivity index (χ4n) is 3.21. The van der Waals surface area contributed by atoms with E-state index in [0.29, 0.717) is 24.4 Å². The van der Waals surface area contributed by atoms with E-state index in [0.717, 1.165) is 16.7 Å². The van der Waals surface area contributed by atoms with Crippen LogP contribution in [0.25, 0.3) is 11.3 Å². The number of carbonyl (C=O) groups is 1. The summed E-state index contributed by atoms with van der Waals surface area (Å²) in [6.07, 6.45) is -4.36. The molecule has 0 aliphatic heterocycles.